The van der Waals surface area contributed by atoms with Crippen LogP contribution in [0.1, 0.15) is 5.56 Å². The van der Waals surface area contributed by atoms with Crippen LogP contribution in [0, 0.1) is 6.92 Å². The van der Waals surface area contributed by atoms with Crippen LogP contribution in [0.2, 0.25) is 0 Å². The van der Waals surface area contributed by atoms with Gasteiger partial charge in [-0.05, 0) is 19.1 Å². The zero-order valence-corrected chi connectivity index (χ0v) is 11.0. The van der Waals surface area contributed by atoms with Crippen LogP contribution in [0.5, 0.6) is 0 Å². The predicted molar refractivity (Wildman–Crippen MR) is 68.4 cm³/mol. The molecule has 1 heterocycles. The van der Waals surface area contributed by atoms with Crippen molar-refractivity contribution in [3.63, 3.8) is 0 Å². The number of nitrogens with zero attached hydrogens (tertiary/aromatic N) is 3. The molecule has 0 saturated heterocycles. The topological polar surface area (TPSA) is 42.7 Å². The number of halogens is 1. The largest absolute Gasteiger partial charge is 0.357 e. The van der Waals surface area contributed by atoms with Crippen molar-refractivity contribution < 1.29 is 0 Å². The van der Waals surface area contributed by atoms with Crippen LogP contribution in [0.4, 0.5) is 5.95 Å². The van der Waals surface area contributed by atoms with Crippen LogP contribution >= 0.6 is 15.9 Å². The summed E-state index contributed by atoms with van der Waals surface area (Å²) in [4.78, 5) is 0. The zero-order valence-electron chi connectivity index (χ0n) is 9.45. The van der Waals surface area contributed by atoms with E-state index in [1.165, 1.54) is 5.56 Å². The van der Waals surface area contributed by atoms with E-state index in [1.54, 1.807) is 0 Å². The summed E-state index contributed by atoms with van der Waals surface area (Å²) in [7, 11) is 3.77. The molecule has 84 valence electrons. The lowest BCUT2D eigenvalue weighted by Gasteiger charge is -2.06. The Kier molecular flexibility index (Phi) is 2.96. The van der Waals surface area contributed by atoms with Crippen molar-refractivity contribution in [2.24, 2.45) is 7.05 Å². The lowest BCUT2D eigenvalue weighted by Crippen LogP contribution is -2.00. The highest BCUT2D eigenvalue weighted by molar-refractivity contribution is 9.10. The molecule has 0 spiro atoms. The molecule has 1 aromatic heterocycles. The molecule has 0 amide bonds. The standard InChI is InChI=1S/C11H13BrN4/c1-7-4-5-9(12)8(6-7)10-14-15-11(13-2)16(10)3/h4-6H,1-3H3,(H,13,15). The maximum Gasteiger partial charge on any atom is 0.224 e. The van der Waals surface area contributed by atoms with Gasteiger partial charge in [0.15, 0.2) is 5.82 Å². The molecule has 5 heteroatoms. The molecule has 2 aromatic rings. The molecular weight excluding hydrogens is 268 g/mol. The van der Waals surface area contributed by atoms with Crippen molar-refractivity contribution in [1.29, 1.82) is 0 Å². The van der Waals surface area contributed by atoms with Crippen molar-refractivity contribution in [3.05, 3.63) is 28.2 Å². The molecule has 1 N–H and O–H groups in total. The average Bonchev–Trinajstić information content (AvgIpc) is 2.63. The van der Waals surface area contributed by atoms with E-state index >= 15 is 0 Å². The fourth-order valence-corrected chi connectivity index (χ4v) is 2.02. The maximum atomic E-state index is 4.18. The first-order valence-electron chi connectivity index (χ1n) is 4.97. The van der Waals surface area contributed by atoms with Gasteiger partial charge in [0.1, 0.15) is 0 Å². The SMILES string of the molecule is CNc1nnc(-c2cc(C)ccc2Br)n1C. The monoisotopic (exact) mass is 280 g/mol. The Balaban J connectivity index is 2.58. The molecule has 0 aliphatic heterocycles. The van der Waals surface area contributed by atoms with E-state index in [2.05, 4.69) is 50.5 Å². The first-order chi connectivity index (χ1) is 7.63. The van der Waals surface area contributed by atoms with E-state index in [-0.39, 0.29) is 0 Å². The summed E-state index contributed by atoms with van der Waals surface area (Å²) in [5.41, 5.74) is 2.25. The molecule has 0 radical (unpaired) electrons. The normalized spacial score (nSPS) is 10.5. The third-order valence-corrected chi connectivity index (χ3v) is 3.15. The fraction of sp³-hybridized carbons (Fsp3) is 0.273. The number of anilines is 1. The van der Waals surface area contributed by atoms with Crippen molar-refractivity contribution in [1.82, 2.24) is 14.8 Å². The van der Waals surface area contributed by atoms with Crippen LogP contribution in [0.15, 0.2) is 22.7 Å². The van der Waals surface area contributed by atoms with Crippen LogP contribution in [0.3, 0.4) is 0 Å². The van der Waals surface area contributed by atoms with Crippen LogP contribution in [-0.2, 0) is 7.05 Å². The van der Waals surface area contributed by atoms with Crippen molar-refractivity contribution in [3.8, 4) is 11.4 Å². The van der Waals surface area contributed by atoms with Gasteiger partial charge < -0.3 is 5.32 Å². The second-order valence-electron chi connectivity index (χ2n) is 3.64. The number of benzene rings is 1. The molecule has 2 rings (SSSR count). The Hall–Kier alpha value is -1.36. The Labute approximate surface area is 103 Å². The number of rotatable bonds is 2. The molecule has 0 bridgehead atoms. The first-order valence-corrected chi connectivity index (χ1v) is 5.76. The quantitative estimate of drug-likeness (QED) is 0.920. The average molecular weight is 281 g/mol. The third-order valence-electron chi connectivity index (χ3n) is 2.46. The number of nitrogens with one attached hydrogen (secondary N) is 1. The highest BCUT2D eigenvalue weighted by atomic mass is 79.9. The number of aryl methyl sites for hydroxylation is 1. The molecule has 4 nitrogen and oxygen atoms in total. The Morgan fingerprint density at radius 1 is 1.31 bits per heavy atom. The second-order valence-corrected chi connectivity index (χ2v) is 4.49. The molecule has 0 saturated carbocycles. The van der Waals surface area contributed by atoms with Gasteiger partial charge in [-0.15, -0.1) is 10.2 Å². The number of hydrogen-bond donors (Lipinski definition) is 1. The van der Waals surface area contributed by atoms with Crippen molar-refractivity contribution in [2.75, 3.05) is 12.4 Å². The highest BCUT2D eigenvalue weighted by Crippen LogP contribution is 2.28. The van der Waals surface area contributed by atoms with Gasteiger partial charge in [0.05, 0.1) is 0 Å². The minimum atomic E-state index is 0.753. The predicted octanol–water partition coefficient (Wildman–Crippen LogP) is 2.59. The van der Waals surface area contributed by atoms with Gasteiger partial charge >= 0.3 is 0 Å². The maximum absolute atomic E-state index is 4.18. The third kappa shape index (κ3) is 1.82. The molecule has 0 fully saturated rings. The van der Waals surface area contributed by atoms with Crippen LogP contribution in [0.25, 0.3) is 11.4 Å². The van der Waals surface area contributed by atoms with Gasteiger partial charge in [-0.3, -0.25) is 4.57 Å². The van der Waals surface area contributed by atoms with E-state index in [4.69, 9.17) is 0 Å². The summed E-state index contributed by atoms with van der Waals surface area (Å²) in [6.45, 7) is 2.06. The molecule has 16 heavy (non-hydrogen) atoms. The zero-order chi connectivity index (χ0) is 11.7. The highest BCUT2D eigenvalue weighted by Gasteiger charge is 2.12. The lowest BCUT2D eigenvalue weighted by atomic mass is 10.1. The summed E-state index contributed by atoms with van der Waals surface area (Å²) in [6.07, 6.45) is 0. The smallest absolute Gasteiger partial charge is 0.224 e. The van der Waals surface area contributed by atoms with E-state index in [1.807, 2.05) is 24.7 Å². The minimum Gasteiger partial charge on any atom is -0.357 e. The lowest BCUT2D eigenvalue weighted by molar-refractivity contribution is 0.924. The van der Waals surface area contributed by atoms with Crippen LogP contribution in [-0.4, -0.2) is 21.8 Å². The number of hydrogen-bond acceptors (Lipinski definition) is 3. The summed E-state index contributed by atoms with van der Waals surface area (Å²) in [5, 5.41) is 11.2. The van der Waals surface area contributed by atoms with E-state index in [0.717, 1.165) is 21.8 Å². The van der Waals surface area contributed by atoms with Crippen molar-refractivity contribution >= 4 is 21.9 Å². The molecule has 1 aromatic carbocycles. The first kappa shape index (κ1) is 11.1. The summed E-state index contributed by atoms with van der Waals surface area (Å²) < 4.78 is 2.95. The van der Waals surface area contributed by atoms with Gasteiger partial charge in [0.25, 0.3) is 0 Å². The van der Waals surface area contributed by atoms with Crippen molar-refractivity contribution in [2.45, 2.75) is 6.92 Å². The van der Waals surface area contributed by atoms with Crippen LogP contribution < -0.4 is 5.32 Å². The summed E-state index contributed by atoms with van der Waals surface area (Å²) in [6, 6.07) is 6.18. The Morgan fingerprint density at radius 2 is 2.06 bits per heavy atom. The van der Waals surface area contributed by atoms with Gasteiger partial charge in [0, 0.05) is 24.1 Å². The molecular formula is C11H13BrN4. The molecule has 0 unspecified atom stereocenters. The Morgan fingerprint density at radius 3 is 2.69 bits per heavy atom. The molecule has 0 aliphatic carbocycles. The fourth-order valence-electron chi connectivity index (χ4n) is 1.59. The van der Waals surface area contributed by atoms with E-state index < -0.39 is 0 Å². The van der Waals surface area contributed by atoms with Gasteiger partial charge in [-0.25, -0.2) is 0 Å². The Bertz CT molecular complexity index is 519. The van der Waals surface area contributed by atoms with Gasteiger partial charge in [-0.2, -0.15) is 0 Å². The molecule has 0 aliphatic rings. The van der Waals surface area contributed by atoms with Gasteiger partial charge in [0.2, 0.25) is 5.95 Å². The second kappa shape index (κ2) is 4.25. The summed E-state index contributed by atoms with van der Waals surface area (Å²) >= 11 is 3.53. The summed E-state index contributed by atoms with van der Waals surface area (Å²) in [5.74, 6) is 1.60. The van der Waals surface area contributed by atoms with E-state index in [9.17, 15) is 0 Å². The minimum absolute atomic E-state index is 0.753. The van der Waals surface area contributed by atoms with Gasteiger partial charge in [-0.1, -0.05) is 27.6 Å². The molecule has 0 atom stereocenters. The number of aromatic nitrogens is 3. The van der Waals surface area contributed by atoms with E-state index in [0.29, 0.717) is 0 Å².